The summed E-state index contributed by atoms with van der Waals surface area (Å²) in [6, 6.07) is 18.8. The van der Waals surface area contributed by atoms with Gasteiger partial charge in [-0.25, -0.2) is 0 Å². The highest BCUT2D eigenvalue weighted by Gasteiger charge is 1.99. The van der Waals surface area contributed by atoms with E-state index in [9.17, 15) is 0 Å². The smallest absolute Gasteiger partial charge is 0.0338 e. The first-order valence-corrected chi connectivity index (χ1v) is 6.31. The second kappa shape index (κ2) is 5.60. The first-order chi connectivity index (χ1) is 8.29. The van der Waals surface area contributed by atoms with E-state index in [0.29, 0.717) is 0 Å². The quantitative estimate of drug-likeness (QED) is 0.867. The molecule has 0 saturated heterocycles. The van der Waals surface area contributed by atoms with E-state index in [-0.39, 0.29) is 0 Å². The van der Waals surface area contributed by atoms with Crippen LogP contribution in [0, 0.1) is 0 Å². The van der Waals surface area contributed by atoms with E-state index in [0.717, 1.165) is 11.3 Å². The van der Waals surface area contributed by atoms with Crippen LogP contribution in [-0.2, 0) is 0 Å². The topological polar surface area (TPSA) is 12.0 Å². The molecule has 1 nitrogen and oxygen atoms in total. The summed E-state index contributed by atoms with van der Waals surface area (Å²) < 4.78 is 0. The largest absolute Gasteiger partial charge is 0.388 e. The van der Waals surface area contributed by atoms with Crippen molar-refractivity contribution in [3.63, 3.8) is 0 Å². The van der Waals surface area contributed by atoms with Crippen molar-refractivity contribution in [3.8, 4) is 0 Å². The summed E-state index contributed by atoms with van der Waals surface area (Å²) in [6.45, 7) is 3.94. The number of nitrogens with one attached hydrogen (secondary N) is 1. The molecule has 0 aliphatic carbocycles. The maximum atomic E-state index is 3.94. The molecule has 0 atom stereocenters. The van der Waals surface area contributed by atoms with Gasteiger partial charge < -0.3 is 5.32 Å². The molecule has 0 aliphatic heterocycles. The van der Waals surface area contributed by atoms with Crippen molar-refractivity contribution < 1.29 is 0 Å². The highest BCUT2D eigenvalue weighted by molar-refractivity contribution is 7.99. The maximum Gasteiger partial charge on any atom is 0.0338 e. The predicted molar refractivity (Wildman–Crippen MR) is 75.1 cm³/mol. The first-order valence-electron chi connectivity index (χ1n) is 5.49. The summed E-state index contributed by atoms with van der Waals surface area (Å²) in [4.78, 5) is 2.50. The number of benzene rings is 2. The van der Waals surface area contributed by atoms with E-state index < -0.39 is 0 Å². The first kappa shape index (κ1) is 11.8. The van der Waals surface area contributed by atoms with Gasteiger partial charge in [0.1, 0.15) is 0 Å². The highest BCUT2D eigenvalue weighted by atomic mass is 32.2. The van der Waals surface area contributed by atoms with Gasteiger partial charge in [0.25, 0.3) is 0 Å². The van der Waals surface area contributed by atoms with Crippen LogP contribution in [-0.4, -0.2) is 7.05 Å². The van der Waals surface area contributed by atoms with Gasteiger partial charge in [0, 0.05) is 22.5 Å². The molecule has 0 unspecified atom stereocenters. The zero-order valence-corrected chi connectivity index (χ0v) is 10.6. The number of hydrogen-bond donors (Lipinski definition) is 1. The van der Waals surface area contributed by atoms with Gasteiger partial charge in [-0.15, -0.1) is 0 Å². The lowest BCUT2D eigenvalue weighted by Crippen LogP contribution is -2.02. The Morgan fingerprint density at radius 2 is 1.53 bits per heavy atom. The van der Waals surface area contributed by atoms with Crippen LogP contribution in [0.25, 0.3) is 5.70 Å². The Morgan fingerprint density at radius 1 is 0.941 bits per heavy atom. The van der Waals surface area contributed by atoms with Gasteiger partial charge in [0.2, 0.25) is 0 Å². The molecule has 17 heavy (non-hydrogen) atoms. The van der Waals surface area contributed by atoms with E-state index in [1.54, 1.807) is 11.8 Å². The maximum absolute atomic E-state index is 3.94. The van der Waals surface area contributed by atoms with Gasteiger partial charge in [-0.05, 0) is 29.8 Å². The van der Waals surface area contributed by atoms with Crippen molar-refractivity contribution in [2.24, 2.45) is 0 Å². The van der Waals surface area contributed by atoms with Gasteiger partial charge in [-0.1, -0.05) is 48.7 Å². The summed E-state index contributed by atoms with van der Waals surface area (Å²) in [5, 5.41) is 3.05. The molecule has 0 aliphatic rings. The average Bonchev–Trinajstić information content (AvgIpc) is 2.40. The molecule has 0 saturated carbocycles. The van der Waals surface area contributed by atoms with E-state index in [4.69, 9.17) is 0 Å². The van der Waals surface area contributed by atoms with E-state index in [1.807, 2.05) is 13.1 Å². The molecular weight excluding hydrogens is 226 g/mol. The molecule has 2 aromatic carbocycles. The fraction of sp³-hybridized carbons (Fsp3) is 0.0667. The van der Waals surface area contributed by atoms with Crippen LogP contribution in [0.1, 0.15) is 5.56 Å². The second-order valence-corrected chi connectivity index (χ2v) is 4.81. The fourth-order valence-electron chi connectivity index (χ4n) is 1.49. The number of hydrogen-bond acceptors (Lipinski definition) is 2. The molecular formula is C15H15NS. The van der Waals surface area contributed by atoms with E-state index in [2.05, 4.69) is 60.4 Å². The molecule has 2 rings (SSSR count). The van der Waals surface area contributed by atoms with Crippen molar-refractivity contribution >= 4 is 17.5 Å². The third-order valence-corrected chi connectivity index (χ3v) is 3.50. The van der Waals surface area contributed by atoms with Crippen molar-refractivity contribution in [1.82, 2.24) is 5.32 Å². The lowest BCUT2D eigenvalue weighted by Gasteiger charge is -2.06. The van der Waals surface area contributed by atoms with Gasteiger partial charge in [0.15, 0.2) is 0 Å². The molecule has 0 bridgehead atoms. The summed E-state index contributed by atoms with van der Waals surface area (Å²) >= 11 is 1.77. The molecule has 86 valence electrons. The summed E-state index contributed by atoms with van der Waals surface area (Å²) in [5.41, 5.74) is 2.08. The zero-order valence-electron chi connectivity index (χ0n) is 9.81. The van der Waals surface area contributed by atoms with Crippen LogP contribution >= 0.6 is 11.8 Å². The normalized spacial score (nSPS) is 9.94. The molecule has 2 aromatic rings. The summed E-state index contributed by atoms with van der Waals surface area (Å²) in [6.07, 6.45) is 0. The van der Waals surface area contributed by atoms with Crippen molar-refractivity contribution in [1.29, 1.82) is 0 Å². The van der Waals surface area contributed by atoms with Gasteiger partial charge >= 0.3 is 0 Å². The average molecular weight is 241 g/mol. The van der Waals surface area contributed by atoms with Gasteiger partial charge in [-0.2, -0.15) is 0 Å². The SMILES string of the molecule is C=C(NC)c1ccc(Sc2ccccc2)cc1. The van der Waals surface area contributed by atoms with Crippen LogP contribution < -0.4 is 5.32 Å². The molecule has 2 heteroatoms. The summed E-state index contributed by atoms with van der Waals surface area (Å²) in [7, 11) is 1.88. The van der Waals surface area contributed by atoms with Crippen LogP contribution in [0.15, 0.2) is 71.0 Å². The lowest BCUT2D eigenvalue weighted by molar-refractivity contribution is 1.13. The van der Waals surface area contributed by atoms with Gasteiger partial charge in [-0.3, -0.25) is 0 Å². The third-order valence-electron chi connectivity index (χ3n) is 2.48. The molecule has 0 spiro atoms. The molecule has 1 N–H and O–H groups in total. The molecule has 0 heterocycles. The monoisotopic (exact) mass is 241 g/mol. The Morgan fingerprint density at radius 3 is 2.12 bits per heavy atom. The zero-order chi connectivity index (χ0) is 12.1. The van der Waals surface area contributed by atoms with Crippen molar-refractivity contribution in [2.45, 2.75) is 9.79 Å². The highest BCUT2D eigenvalue weighted by Crippen LogP contribution is 2.27. The fourth-order valence-corrected chi connectivity index (χ4v) is 2.33. The summed E-state index contributed by atoms with van der Waals surface area (Å²) in [5.74, 6) is 0. The standard InChI is InChI=1S/C15H15NS/c1-12(16-2)13-8-10-15(11-9-13)17-14-6-4-3-5-7-14/h3-11,16H,1H2,2H3. The van der Waals surface area contributed by atoms with Crippen molar-refractivity contribution in [2.75, 3.05) is 7.05 Å². The lowest BCUT2D eigenvalue weighted by atomic mass is 10.2. The Labute approximate surface area is 107 Å². The minimum absolute atomic E-state index is 0.946. The van der Waals surface area contributed by atoms with Crippen LogP contribution in [0.3, 0.4) is 0 Å². The third kappa shape index (κ3) is 3.14. The molecule has 0 aromatic heterocycles. The Kier molecular flexibility index (Phi) is 3.89. The predicted octanol–water partition coefficient (Wildman–Crippen LogP) is 4.03. The molecule has 0 radical (unpaired) electrons. The molecule has 0 fully saturated rings. The Bertz CT molecular complexity index is 488. The second-order valence-electron chi connectivity index (χ2n) is 3.67. The van der Waals surface area contributed by atoms with Crippen LogP contribution in [0.5, 0.6) is 0 Å². The Balaban J connectivity index is 2.11. The van der Waals surface area contributed by atoms with Crippen LogP contribution in [0.2, 0.25) is 0 Å². The van der Waals surface area contributed by atoms with Crippen molar-refractivity contribution in [3.05, 3.63) is 66.7 Å². The minimum Gasteiger partial charge on any atom is -0.388 e. The van der Waals surface area contributed by atoms with E-state index >= 15 is 0 Å². The Hall–Kier alpha value is -1.67. The van der Waals surface area contributed by atoms with Gasteiger partial charge in [0.05, 0.1) is 0 Å². The minimum atomic E-state index is 0.946. The number of rotatable bonds is 4. The molecule has 0 amide bonds. The van der Waals surface area contributed by atoms with Crippen LogP contribution in [0.4, 0.5) is 0 Å². The van der Waals surface area contributed by atoms with E-state index in [1.165, 1.54) is 9.79 Å².